The molecule has 92 valence electrons. The number of benzene rings is 1. The molecule has 3 nitrogen and oxygen atoms in total. The number of pyridine rings is 1. The third-order valence-corrected chi connectivity index (χ3v) is 3.54. The second kappa shape index (κ2) is 5.49. The lowest BCUT2D eigenvalue weighted by atomic mass is 10.3. The first-order valence-electron chi connectivity index (χ1n) is 4.88. The van der Waals surface area contributed by atoms with E-state index in [1.165, 1.54) is 36.2 Å². The molecule has 0 saturated carbocycles. The SMILES string of the molecule is O=C(O)c1cc(Br)cnc1Sc1ccc(F)cc1. The number of rotatable bonds is 3. The highest BCUT2D eigenvalue weighted by atomic mass is 79.9. The summed E-state index contributed by atoms with van der Waals surface area (Å²) in [5.74, 6) is -1.38. The number of carboxylic acid groups (broad SMARTS) is 1. The van der Waals surface area contributed by atoms with Gasteiger partial charge in [0.05, 0.1) is 5.56 Å². The average molecular weight is 328 g/mol. The molecule has 0 saturated heterocycles. The quantitative estimate of drug-likeness (QED) is 0.930. The predicted molar refractivity (Wildman–Crippen MR) is 69.4 cm³/mol. The van der Waals surface area contributed by atoms with Gasteiger partial charge in [-0.2, -0.15) is 0 Å². The summed E-state index contributed by atoms with van der Waals surface area (Å²) in [5, 5.41) is 9.45. The van der Waals surface area contributed by atoms with E-state index in [0.717, 1.165) is 4.90 Å². The normalized spacial score (nSPS) is 10.3. The third-order valence-electron chi connectivity index (χ3n) is 2.08. The van der Waals surface area contributed by atoms with Gasteiger partial charge in [0, 0.05) is 15.6 Å². The third kappa shape index (κ3) is 3.08. The van der Waals surface area contributed by atoms with E-state index in [1.807, 2.05) is 0 Å². The molecule has 0 spiro atoms. The molecule has 0 radical (unpaired) electrons. The van der Waals surface area contributed by atoms with Gasteiger partial charge in [-0.05, 0) is 46.3 Å². The molecular formula is C12H7BrFNO2S. The number of aromatic carboxylic acids is 1. The number of nitrogens with zero attached hydrogens (tertiary/aromatic N) is 1. The van der Waals surface area contributed by atoms with Crippen molar-refractivity contribution in [1.29, 1.82) is 0 Å². The van der Waals surface area contributed by atoms with Gasteiger partial charge in [0.2, 0.25) is 0 Å². The fraction of sp³-hybridized carbons (Fsp3) is 0. The number of hydrogen-bond acceptors (Lipinski definition) is 3. The molecule has 1 aromatic carbocycles. The van der Waals surface area contributed by atoms with Crippen LogP contribution in [0.15, 0.2) is 50.9 Å². The van der Waals surface area contributed by atoms with E-state index in [1.54, 1.807) is 12.1 Å². The van der Waals surface area contributed by atoms with Crippen molar-refractivity contribution in [3.05, 3.63) is 52.4 Å². The Hall–Kier alpha value is -1.40. The molecule has 2 rings (SSSR count). The lowest BCUT2D eigenvalue weighted by Gasteiger charge is -2.05. The standard InChI is InChI=1S/C12H7BrFNO2S/c13-7-5-10(12(16)17)11(15-6-7)18-9-3-1-8(14)2-4-9/h1-6H,(H,16,17). The zero-order chi connectivity index (χ0) is 13.1. The van der Waals surface area contributed by atoms with Crippen molar-refractivity contribution < 1.29 is 14.3 Å². The molecule has 1 N–H and O–H groups in total. The first kappa shape index (κ1) is 13.0. The van der Waals surface area contributed by atoms with Gasteiger partial charge in [-0.15, -0.1) is 0 Å². The van der Waals surface area contributed by atoms with Crippen molar-refractivity contribution in [2.75, 3.05) is 0 Å². The summed E-state index contributed by atoms with van der Waals surface area (Å²) in [7, 11) is 0. The van der Waals surface area contributed by atoms with E-state index in [4.69, 9.17) is 5.11 Å². The van der Waals surface area contributed by atoms with Crippen LogP contribution in [0.2, 0.25) is 0 Å². The summed E-state index contributed by atoms with van der Waals surface area (Å²) >= 11 is 4.36. The summed E-state index contributed by atoms with van der Waals surface area (Å²) in [6.45, 7) is 0. The second-order valence-electron chi connectivity index (χ2n) is 3.37. The summed E-state index contributed by atoms with van der Waals surface area (Å²) < 4.78 is 13.4. The van der Waals surface area contributed by atoms with Crippen LogP contribution >= 0.6 is 27.7 Å². The first-order chi connectivity index (χ1) is 8.56. The molecule has 0 atom stereocenters. The summed E-state index contributed by atoms with van der Waals surface area (Å²) in [5.41, 5.74) is 0.110. The molecule has 0 unspecified atom stereocenters. The Kier molecular flexibility index (Phi) is 3.98. The lowest BCUT2D eigenvalue weighted by molar-refractivity contribution is 0.0692. The monoisotopic (exact) mass is 327 g/mol. The Morgan fingerprint density at radius 1 is 1.33 bits per heavy atom. The molecule has 0 fully saturated rings. The van der Waals surface area contributed by atoms with E-state index < -0.39 is 5.97 Å². The Balaban J connectivity index is 2.34. The molecule has 6 heteroatoms. The molecule has 1 aromatic heterocycles. The van der Waals surface area contributed by atoms with Crippen LogP contribution in [0.25, 0.3) is 0 Å². The molecule has 0 aliphatic rings. The van der Waals surface area contributed by atoms with Gasteiger partial charge in [0.25, 0.3) is 0 Å². The maximum atomic E-state index is 12.8. The number of halogens is 2. The van der Waals surface area contributed by atoms with Crippen molar-refractivity contribution in [1.82, 2.24) is 4.98 Å². The maximum absolute atomic E-state index is 12.8. The fourth-order valence-corrected chi connectivity index (χ4v) is 2.46. The van der Waals surface area contributed by atoms with Crippen molar-refractivity contribution in [3.8, 4) is 0 Å². The van der Waals surface area contributed by atoms with Gasteiger partial charge < -0.3 is 5.11 Å². The second-order valence-corrected chi connectivity index (χ2v) is 5.35. The van der Waals surface area contributed by atoms with Crippen LogP contribution in [0.4, 0.5) is 4.39 Å². The van der Waals surface area contributed by atoms with Gasteiger partial charge >= 0.3 is 5.97 Å². The molecule has 1 heterocycles. The Labute approximate surface area is 115 Å². The van der Waals surface area contributed by atoms with Crippen molar-refractivity contribution in [3.63, 3.8) is 0 Å². The van der Waals surface area contributed by atoms with Crippen LogP contribution in [0, 0.1) is 5.82 Å². The largest absolute Gasteiger partial charge is 0.478 e. The van der Waals surface area contributed by atoms with Crippen LogP contribution in [0.1, 0.15) is 10.4 Å². The number of carboxylic acids is 1. The molecule has 18 heavy (non-hydrogen) atoms. The molecular weight excluding hydrogens is 321 g/mol. The highest BCUT2D eigenvalue weighted by molar-refractivity contribution is 9.10. The Bertz CT molecular complexity index is 589. The van der Waals surface area contributed by atoms with Gasteiger partial charge in [0.1, 0.15) is 10.8 Å². The smallest absolute Gasteiger partial charge is 0.338 e. The number of carbonyl (C=O) groups is 1. The van der Waals surface area contributed by atoms with Crippen molar-refractivity contribution >= 4 is 33.7 Å². The number of hydrogen-bond donors (Lipinski definition) is 1. The van der Waals surface area contributed by atoms with Crippen molar-refractivity contribution in [2.24, 2.45) is 0 Å². The minimum Gasteiger partial charge on any atom is -0.478 e. The van der Waals surface area contributed by atoms with Gasteiger partial charge in [-0.1, -0.05) is 11.8 Å². The van der Waals surface area contributed by atoms with Crippen LogP contribution in [0.3, 0.4) is 0 Å². The van der Waals surface area contributed by atoms with Gasteiger partial charge in [-0.3, -0.25) is 0 Å². The molecule has 0 bridgehead atoms. The lowest BCUT2D eigenvalue weighted by Crippen LogP contribution is -2.00. The van der Waals surface area contributed by atoms with Gasteiger partial charge in [0.15, 0.2) is 0 Å². The minimum atomic E-state index is -1.05. The van der Waals surface area contributed by atoms with E-state index >= 15 is 0 Å². The highest BCUT2D eigenvalue weighted by Gasteiger charge is 2.13. The zero-order valence-electron chi connectivity index (χ0n) is 8.93. The Morgan fingerprint density at radius 3 is 2.61 bits per heavy atom. The van der Waals surface area contributed by atoms with Crippen LogP contribution in [-0.2, 0) is 0 Å². The van der Waals surface area contributed by atoms with Crippen molar-refractivity contribution in [2.45, 2.75) is 9.92 Å². The molecule has 2 aromatic rings. The summed E-state index contributed by atoms with van der Waals surface area (Å²) in [4.78, 5) is 15.9. The maximum Gasteiger partial charge on any atom is 0.338 e. The van der Waals surface area contributed by atoms with E-state index in [2.05, 4.69) is 20.9 Å². The molecule has 0 aliphatic heterocycles. The van der Waals surface area contributed by atoms with Crippen LogP contribution < -0.4 is 0 Å². The predicted octanol–water partition coefficient (Wildman–Crippen LogP) is 3.83. The Morgan fingerprint density at radius 2 is 2.00 bits per heavy atom. The van der Waals surface area contributed by atoms with Gasteiger partial charge in [-0.25, -0.2) is 14.2 Å². The first-order valence-corrected chi connectivity index (χ1v) is 6.49. The van der Waals surface area contributed by atoms with E-state index in [-0.39, 0.29) is 11.4 Å². The average Bonchev–Trinajstić information content (AvgIpc) is 2.34. The summed E-state index contributed by atoms with van der Waals surface area (Å²) in [6, 6.07) is 7.29. The van der Waals surface area contributed by atoms with E-state index in [9.17, 15) is 9.18 Å². The van der Waals surface area contributed by atoms with Crippen LogP contribution in [-0.4, -0.2) is 16.1 Å². The zero-order valence-corrected chi connectivity index (χ0v) is 11.3. The summed E-state index contributed by atoms with van der Waals surface area (Å²) in [6.07, 6.45) is 1.53. The molecule has 0 amide bonds. The molecule has 0 aliphatic carbocycles. The van der Waals surface area contributed by atoms with E-state index in [0.29, 0.717) is 9.50 Å². The minimum absolute atomic E-state index is 0.110. The highest BCUT2D eigenvalue weighted by Crippen LogP contribution is 2.30. The number of aromatic nitrogens is 1. The topological polar surface area (TPSA) is 50.2 Å². The van der Waals surface area contributed by atoms with Crippen LogP contribution in [0.5, 0.6) is 0 Å². The fourth-order valence-electron chi connectivity index (χ4n) is 1.28.